The minimum Gasteiger partial charge on any atom is -0.472 e. The number of ether oxygens (including phenoxy) is 1. The molecule has 5 nitrogen and oxygen atoms in total. The van der Waals surface area contributed by atoms with Crippen molar-refractivity contribution in [2.45, 2.75) is 6.92 Å². The molecular weight excluding hydrogens is 208 g/mol. The summed E-state index contributed by atoms with van der Waals surface area (Å²) in [6.07, 6.45) is 4.73. The van der Waals surface area contributed by atoms with Gasteiger partial charge in [0.1, 0.15) is 11.3 Å². The van der Waals surface area contributed by atoms with Crippen LogP contribution in [0.4, 0.5) is 0 Å². The summed E-state index contributed by atoms with van der Waals surface area (Å²) in [6.45, 7) is 2.12. The molecule has 0 unspecified atom stereocenters. The van der Waals surface area contributed by atoms with Gasteiger partial charge in [0.15, 0.2) is 0 Å². The van der Waals surface area contributed by atoms with Crippen LogP contribution in [0.3, 0.4) is 0 Å². The molecule has 2 aromatic heterocycles. The Hall–Kier alpha value is -2.04. The minimum absolute atomic E-state index is 0.346. The molecule has 0 atom stereocenters. The molecule has 2 aromatic rings. The molecule has 0 aliphatic heterocycles. The Bertz CT molecular complexity index is 485. The van der Waals surface area contributed by atoms with E-state index in [1.165, 1.54) is 0 Å². The number of carbonyl (C=O) groups is 1. The predicted molar refractivity (Wildman–Crippen MR) is 56.9 cm³/mol. The molecule has 0 aliphatic rings. The summed E-state index contributed by atoms with van der Waals surface area (Å²) in [5.74, 6) is -0.369. The molecule has 0 bridgehead atoms. The Balaban J connectivity index is 2.42. The fourth-order valence-electron chi connectivity index (χ4n) is 1.46. The van der Waals surface area contributed by atoms with E-state index in [9.17, 15) is 4.79 Å². The highest BCUT2D eigenvalue weighted by molar-refractivity contribution is 5.95. The third-order valence-corrected chi connectivity index (χ3v) is 2.12. The molecule has 0 amide bonds. The number of hydrogen-bond donors (Lipinski definition) is 0. The lowest BCUT2D eigenvalue weighted by Crippen LogP contribution is -2.04. The van der Waals surface area contributed by atoms with Gasteiger partial charge >= 0.3 is 5.97 Å². The van der Waals surface area contributed by atoms with Gasteiger partial charge in [-0.1, -0.05) is 0 Å². The second kappa shape index (κ2) is 4.22. The van der Waals surface area contributed by atoms with Crippen molar-refractivity contribution in [3.8, 4) is 11.3 Å². The van der Waals surface area contributed by atoms with Crippen LogP contribution in [-0.4, -0.2) is 22.4 Å². The van der Waals surface area contributed by atoms with Gasteiger partial charge in [-0.15, -0.1) is 0 Å². The summed E-state index contributed by atoms with van der Waals surface area (Å²) in [6, 6.07) is 1.76. The maximum atomic E-state index is 11.7. The van der Waals surface area contributed by atoms with E-state index in [1.807, 2.05) is 0 Å². The SMILES string of the molecule is CCOC(=O)c1cn(C)nc1-c1ccoc1. The van der Waals surface area contributed by atoms with E-state index in [-0.39, 0.29) is 5.97 Å². The molecule has 2 rings (SSSR count). The maximum absolute atomic E-state index is 11.7. The minimum atomic E-state index is -0.369. The van der Waals surface area contributed by atoms with Crippen molar-refractivity contribution < 1.29 is 13.9 Å². The van der Waals surface area contributed by atoms with Gasteiger partial charge in [-0.05, 0) is 13.0 Å². The van der Waals surface area contributed by atoms with Gasteiger partial charge in [0.2, 0.25) is 0 Å². The van der Waals surface area contributed by atoms with Crippen molar-refractivity contribution in [2.24, 2.45) is 7.05 Å². The van der Waals surface area contributed by atoms with Crippen molar-refractivity contribution in [2.75, 3.05) is 6.61 Å². The van der Waals surface area contributed by atoms with Crippen LogP contribution in [0.25, 0.3) is 11.3 Å². The van der Waals surface area contributed by atoms with Crippen LogP contribution in [0.5, 0.6) is 0 Å². The summed E-state index contributed by atoms with van der Waals surface area (Å²) in [4.78, 5) is 11.7. The van der Waals surface area contributed by atoms with Gasteiger partial charge in [0, 0.05) is 18.8 Å². The highest BCUT2D eigenvalue weighted by atomic mass is 16.5. The third kappa shape index (κ3) is 1.84. The van der Waals surface area contributed by atoms with Gasteiger partial charge in [-0.3, -0.25) is 4.68 Å². The van der Waals surface area contributed by atoms with E-state index in [2.05, 4.69) is 5.10 Å². The lowest BCUT2D eigenvalue weighted by atomic mass is 10.1. The average molecular weight is 220 g/mol. The number of furan rings is 1. The molecule has 0 spiro atoms. The Kier molecular flexibility index (Phi) is 2.76. The molecule has 0 saturated heterocycles. The highest BCUT2D eigenvalue weighted by Gasteiger charge is 2.18. The van der Waals surface area contributed by atoms with Crippen LogP contribution in [0, 0.1) is 0 Å². The first-order valence-corrected chi connectivity index (χ1v) is 4.95. The van der Waals surface area contributed by atoms with Gasteiger partial charge in [-0.2, -0.15) is 5.10 Å². The zero-order valence-electron chi connectivity index (χ0n) is 9.14. The largest absolute Gasteiger partial charge is 0.472 e. The lowest BCUT2D eigenvalue weighted by Gasteiger charge is -1.99. The number of esters is 1. The van der Waals surface area contributed by atoms with Crippen molar-refractivity contribution in [1.82, 2.24) is 9.78 Å². The zero-order chi connectivity index (χ0) is 11.5. The summed E-state index contributed by atoms with van der Waals surface area (Å²) in [7, 11) is 1.76. The normalized spacial score (nSPS) is 10.4. The molecule has 0 saturated carbocycles. The number of rotatable bonds is 3. The molecule has 0 radical (unpaired) electrons. The molecule has 2 heterocycles. The first-order chi connectivity index (χ1) is 7.72. The van der Waals surface area contributed by atoms with Gasteiger partial charge in [0.25, 0.3) is 0 Å². The van der Waals surface area contributed by atoms with Gasteiger partial charge in [0.05, 0.1) is 19.1 Å². The van der Waals surface area contributed by atoms with E-state index in [0.717, 1.165) is 5.56 Å². The molecule has 16 heavy (non-hydrogen) atoms. The van der Waals surface area contributed by atoms with Crippen molar-refractivity contribution in [3.63, 3.8) is 0 Å². The van der Waals surface area contributed by atoms with Gasteiger partial charge in [-0.25, -0.2) is 4.79 Å². The van der Waals surface area contributed by atoms with Crippen LogP contribution >= 0.6 is 0 Å². The third-order valence-electron chi connectivity index (χ3n) is 2.12. The number of nitrogens with zero attached hydrogens (tertiary/aromatic N) is 2. The topological polar surface area (TPSA) is 57.3 Å². The standard InChI is InChI=1S/C11H12N2O3/c1-3-16-11(14)9-6-13(2)12-10(9)8-4-5-15-7-8/h4-7H,3H2,1-2H3. The Morgan fingerprint density at radius 2 is 2.44 bits per heavy atom. The van der Waals surface area contributed by atoms with E-state index in [4.69, 9.17) is 9.15 Å². The summed E-state index contributed by atoms with van der Waals surface area (Å²) < 4.78 is 11.5. The quantitative estimate of drug-likeness (QED) is 0.741. The lowest BCUT2D eigenvalue weighted by molar-refractivity contribution is 0.0527. The number of carbonyl (C=O) groups excluding carboxylic acids is 1. The fraction of sp³-hybridized carbons (Fsp3) is 0.273. The maximum Gasteiger partial charge on any atom is 0.341 e. The van der Waals surface area contributed by atoms with E-state index >= 15 is 0 Å². The Morgan fingerprint density at radius 3 is 3.06 bits per heavy atom. The van der Waals surface area contributed by atoms with Gasteiger partial charge < -0.3 is 9.15 Å². The zero-order valence-corrected chi connectivity index (χ0v) is 9.14. The summed E-state index contributed by atoms with van der Waals surface area (Å²) >= 11 is 0. The molecule has 0 aromatic carbocycles. The number of aryl methyl sites for hydroxylation is 1. The monoisotopic (exact) mass is 220 g/mol. The average Bonchev–Trinajstić information content (AvgIpc) is 2.85. The smallest absolute Gasteiger partial charge is 0.341 e. The summed E-state index contributed by atoms with van der Waals surface area (Å²) in [5, 5.41) is 4.21. The van der Waals surface area contributed by atoms with Crippen LogP contribution in [-0.2, 0) is 11.8 Å². The second-order valence-corrected chi connectivity index (χ2v) is 3.30. The van der Waals surface area contributed by atoms with Crippen molar-refractivity contribution in [3.05, 3.63) is 30.4 Å². The number of aromatic nitrogens is 2. The van der Waals surface area contributed by atoms with E-state index < -0.39 is 0 Å². The molecular formula is C11H12N2O3. The van der Waals surface area contributed by atoms with E-state index in [0.29, 0.717) is 17.9 Å². The second-order valence-electron chi connectivity index (χ2n) is 3.30. The van der Waals surface area contributed by atoms with Crippen LogP contribution in [0.2, 0.25) is 0 Å². The van der Waals surface area contributed by atoms with Crippen molar-refractivity contribution >= 4 is 5.97 Å². The molecule has 84 valence electrons. The van der Waals surface area contributed by atoms with Crippen molar-refractivity contribution in [1.29, 1.82) is 0 Å². The molecule has 0 fully saturated rings. The number of hydrogen-bond acceptors (Lipinski definition) is 4. The Morgan fingerprint density at radius 1 is 1.62 bits per heavy atom. The van der Waals surface area contributed by atoms with E-state index in [1.54, 1.807) is 43.4 Å². The first kappa shape index (κ1) is 10.5. The molecule has 0 aliphatic carbocycles. The highest BCUT2D eigenvalue weighted by Crippen LogP contribution is 2.22. The predicted octanol–water partition coefficient (Wildman–Crippen LogP) is 1.86. The first-order valence-electron chi connectivity index (χ1n) is 4.95. The Labute approximate surface area is 92.6 Å². The molecule has 5 heteroatoms. The summed E-state index contributed by atoms with van der Waals surface area (Å²) in [5.41, 5.74) is 1.80. The van der Waals surface area contributed by atoms with Crippen LogP contribution in [0.15, 0.2) is 29.2 Å². The molecule has 0 N–H and O–H groups in total. The van der Waals surface area contributed by atoms with Crippen LogP contribution < -0.4 is 0 Å². The fourth-order valence-corrected chi connectivity index (χ4v) is 1.46. The van der Waals surface area contributed by atoms with Crippen LogP contribution in [0.1, 0.15) is 17.3 Å².